The van der Waals surface area contributed by atoms with Crippen LogP contribution in [0.15, 0.2) is 83.8 Å². The first-order valence-corrected chi connectivity index (χ1v) is 21.0. The Labute approximate surface area is 343 Å². The fourth-order valence-electron chi connectivity index (χ4n) is 9.47. The van der Waals surface area contributed by atoms with Crippen molar-refractivity contribution in [2.75, 3.05) is 0 Å². The van der Waals surface area contributed by atoms with E-state index in [0.29, 0.717) is 0 Å². The van der Waals surface area contributed by atoms with Crippen LogP contribution in [0.25, 0.3) is 49.8 Å². The highest BCUT2D eigenvalue weighted by Crippen LogP contribution is 2.48. The Balaban J connectivity index is 1.58. The Morgan fingerprint density at radius 3 is 1.39 bits per heavy atom. The minimum atomic E-state index is -0.233. The highest BCUT2D eigenvalue weighted by molar-refractivity contribution is 6.05. The Hall–Kier alpha value is -4.50. The van der Waals surface area contributed by atoms with Crippen LogP contribution in [0.1, 0.15) is 156 Å². The zero-order valence-electron chi connectivity index (χ0n) is 38.0. The lowest BCUT2D eigenvalue weighted by molar-refractivity contribution is 0.397. The lowest BCUT2D eigenvalue weighted by Gasteiger charge is -2.27. The minimum absolute atomic E-state index is 0.0125. The van der Waals surface area contributed by atoms with Crippen LogP contribution in [0.3, 0.4) is 0 Å². The zero-order chi connectivity index (χ0) is 42.0. The third-order valence-corrected chi connectivity index (χ3v) is 12.6. The first-order chi connectivity index (χ1) is 26.1. The molecule has 1 aliphatic carbocycles. The summed E-state index contributed by atoms with van der Waals surface area (Å²) in [5.74, 6) is 0. The summed E-state index contributed by atoms with van der Waals surface area (Å²) in [5, 5.41) is 2.11. The molecule has 0 saturated carbocycles. The molecule has 7 rings (SSSR count). The van der Waals surface area contributed by atoms with Gasteiger partial charge in [-0.05, 0) is 131 Å². The topological polar surface area (TPSA) is 34.4 Å². The SMILES string of the molecule is Cc1ccc2c(ccn3c4c(c(=O)nc23)C(C)(C)CC4(C)C)c1-c1cc(-c2cc(C(C)(C)C)cc(C(C)(C)C)c2)cc(-c2cc(C(C)(C)C)cc(C(C)(C)C)c2)c1. The summed E-state index contributed by atoms with van der Waals surface area (Å²) in [7, 11) is 0. The molecule has 2 heterocycles. The van der Waals surface area contributed by atoms with E-state index in [4.69, 9.17) is 4.98 Å². The highest BCUT2D eigenvalue weighted by atomic mass is 16.1. The van der Waals surface area contributed by atoms with Gasteiger partial charge in [-0.15, -0.1) is 0 Å². The van der Waals surface area contributed by atoms with Crippen molar-refractivity contribution in [3.8, 4) is 33.4 Å². The summed E-state index contributed by atoms with van der Waals surface area (Å²) >= 11 is 0. The molecule has 57 heavy (non-hydrogen) atoms. The van der Waals surface area contributed by atoms with Crippen LogP contribution in [0.5, 0.6) is 0 Å². The molecule has 0 unspecified atom stereocenters. The molecular formula is C54H66N2O. The van der Waals surface area contributed by atoms with Gasteiger partial charge in [0.25, 0.3) is 5.56 Å². The van der Waals surface area contributed by atoms with Gasteiger partial charge in [-0.25, -0.2) is 0 Å². The number of pyridine rings is 1. The third kappa shape index (κ3) is 7.30. The molecule has 0 fully saturated rings. The van der Waals surface area contributed by atoms with E-state index < -0.39 is 0 Å². The van der Waals surface area contributed by atoms with E-state index in [1.54, 1.807) is 0 Å². The molecule has 0 saturated heterocycles. The van der Waals surface area contributed by atoms with Crippen molar-refractivity contribution < 1.29 is 0 Å². The number of hydrogen-bond acceptors (Lipinski definition) is 2. The summed E-state index contributed by atoms with van der Waals surface area (Å²) in [6.07, 6.45) is 3.08. The van der Waals surface area contributed by atoms with Crippen LogP contribution < -0.4 is 5.56 Å². The van der Waals surface area contributed by atoms with Crippen molar-refractivity contribution in [2.24, 2.45) is 0 Å². The maximum absolute atomic E-state index is 14.0. The van der Waals surface area contributed by atoms with Crippen LogP contribution in [-0.4, -0.2) is 9.38 Å². The van der Waals surface area contributed by atoms with E-state index in [2.05, 4.69) is 201 Å². The molecule has 4 aromatic carbocycles. The molecule has 3 heteroatoms. The molecule has 0 atom stereocenters. The molecule has 0 spiro atoms. The summed E-state index contributed by atoms with van der Waals surface area (Å²) in [5.41, 5.74) is 15.9. The van der Waals surface area contributed by atoms with Crippen LogP contribution in [0.4, 0.5) is 0 Å². The van der Waals surface area contributed by atoms with E-state index in [-0.39, 0.29) is 38.0 Å². The quantitative estimate of drug-likeness (QED) is 0.168. The Bertz CT molecular complexity index is 2500. The predicted molar refractivity (Wildman–Crippen MR) is 245 cm³/mol. The normalized spacial score (nSPS) is 15.7. The number of hydrogen-bond donors (Lipinski definition) is 0. The van der Waals surface area contributed by atoms with Gasteiger partial charge in [-0.1, -0.05) is 159 Å². The largest absolute Gasteiger partial charge is 0.304 e. The van der Waals surface area contributed by atoms with Gasteiger partial charge in [0.15, 0.2) is 0 Å². The molecule has 2 aromatic heterocycles. The van der Waals surface area contributed by atoms with Crippen molar-refractivity contribution in [3.63, 3.8) is 0 Å². The fourth-order valence-corrected chi connectivity index (χ4v) is 9.47. The standard InChI is InChI=1S/C54H66N2O/c1-32-18-19-43-42(20-21-56-46-45(48(57)55-47(43)56)53(14,15)31-54(46,16)17)44(32)37-23-33(35-25-38(49(2,3)4)29-39(26-35)50(5,6)7)22-34(24-37)36-27-40(51(8,9)10)30-41(28-36)52(11,12)13/h18-30H,31H2,1-17H3. The maximum atomic E-state index is 14.0. The van der Waals surface area contributed by atoms with Crippen molar-refractivity contribution in [1.82, 2.24) is 9.38 Å². The first-order valence-electron chi connectivity index (χ1n) is 21.0. The Morgan fingerprint density at radius 2 is 0.947 bits per heavy atom. The minimum Gasteiger partial charge on any atom is -0.304 e. The molecule has 0 amide bonds. The number of rotatable bonds is 3. The average molecular weight is 759 g/mol. The number of fused-ring (bicyclic) bond motifs is 5. The second-order valence-corrected chi connectivity index (χ2v) is 22.7. The van der Waals surface area contributed by atoms with Gasteiger partial charge in [-0.2, -0.15) is 4.98 Å². The van der Waals surface area contributed by atoms with E-state index >= 15 is 0 Å². The Kier molecular flexibility index (Phi) is 9.28. The summed E-state index contributed by atoms with van der Waals surface area (Å²) in [4.78, 5) is 18.8. The lowest BCUT2D eigenvalue weighted by atomic mass is 9.77. The molecular weight excluding hydrogens is 693 g/mol. The van der Waals surface area contributed by atoms with Gasteiger partial charge in [0.05, 0.1) is 0 Å². The molecule has 1 aliphatic rings. The number of aryl methyl sites for hydroxylation is 1. The van der Waals surface area contributed by atoms with Crippen LogP contribution in [0.2, 0.25) is 0 Å². The monoisotopic (exact) mass is 759 g/mol. The number of benzene rings is 4. The van der Waals surface area contributed by atoms with Gasteiger partial charge in [0, 0.05) is 28.3 Å². The smallest absolute Gasteiger partial charge is 0.277 e. The van der Waals surface area contributed by atoms with Crippen molar-refractivity contribution in [1.29, 1.82) is 0 Å². The zero-order valence-corrected chi connectivity index (χ0v) is 38.0. The van der Waals surface area contributed by atoms with Crippen LogP contribution >= 0.6 is 0 Å². The lowest BCUT2D eigenvalue weighted by Crippen LogP contribution is -2.26. The summed E-state index contributed by atoms with van der Waals surface area (Å²) in [6.45, 7) is 38.9. The van der Waals surface area contributed by atoms with Crippen molar-refractivity contribution >= 4 is 16.4 Å². The summed E-state index contributed by atoms with van der Waals surface area (Å²) in [6, 6.07) is 28.3. The first kappa shape index (κ1) is 40.7. The number of aromatic nitrogens is 2. The molecule has 3 nitrogen and oxygen atoms in total. The predicted octanol–water partition coefficient (Wildman–Crippen LogP) is 14.3. The molecule has 6 aromatic rings. The Morgan fingerprint density at radius 1 is 0.526 bits per heavy atom. The second-order valence-electron chi connectivity index (χ2n) is 22.7. The molecule has 0 bridgehead atoms. The van der Waals surface area contributed by atoms with Gasteiger partial charge >= 0.3 is 0 Å². The van der Waals surface area contributed by atoms with Gasteiger partial charge in [-0.3, -0.25) is 4.79 Å². The number of nitrogens with zero attached hydrogens (tertiary/aromatic N) is 2. The van der Waals surface area contributed by atoms with Crippen molar-refractivity contribution in [2.45, 2.75) is 157 Å². The van der Waals surface area contributed by atoms with Crippen molar-refractivity contribution in [3.05, 3.63) is 128 Å². The van der Waals surface area contributed by atoms with Gasteiger partial charge in [0.1, 0.15) is 5.65 Å². The molecule has 298 valence electrons. The van der Waals surface area contributed by atoms with Gasteiger partial charge in [0.2, 0.25) is 0 Å². The van der Waals surface area contributed by atoms with Crippen LogP contribution in [-0.2, 0) is 32.5 Å². The summed E-state index contributed by atoms with van der Waals surface area (Å²) < 4.78 is 2.22. The van der Waals surface area contributed by atoms with E-state index in [1.807, 2.05) is 0 Å². The van der Waals surface area contributed by atoms with E-state index in [0.717, 1.165) is 39.7 Å². The second kappa shape index (κ2) is 13.0. The van der Waals surface area contributed by atoms with E-state index in [9.17, 15) is 4.79 Å². The third-order valence-electron chi connectivity index (χ3n) is 12.6. The van der Waals surface area contributed by atoms with E-state index in [1.165, 1.54) is 55.6 Å². The van der Waals surface area contributed by atoms with Crippen LogP contribution in [0, 0.1) is 6.92 Å². The molecule has 0 N–H and O–H groups in total. The maximum Gasteiger partial charge on any atom is 0.277 e. The highest BCUT2D eigenvalue weighted by Gasteiger charge is 2.46. The average Bonchev–Trinajstić information content (AvgIpc) is 3.29. The molecule has 0 radical (unpaired) electrons. The molecule has 0 aliphatic heterocycles. The van der Waals surface area contributed by atoms with Gasteiger partial charge < -0.3 is 4.40 Å². The fraction of sp³-hybridized carbons (Fsp3) is 0.444.